The van der Waals surface area contributed by atoms with Gasteiger partial charge in [-0.15, -0.1) is 22.7 Å². The van der Waals surface area contributed by atoms with Crippen LogP contribution in [0.3, 0.4) is 0 Å². The summed E-state index contributed by atoms with van der Waals surface area (Å²) >= 11 is 3.38. The Hall–Kier alpha value is -2.62. The number of nitrogens with one attached hydrogen (secondary N) is 3. The molecular weight excluding hydrogens is 488 g/mol. The van der Waals surface area contributed by atoms with Crippen molar-refractivity contribution in [1.82, 2.24) is 15.6 Å². The molecule has 2 aromatic heterocycles. The Labute approximate surface area is 220 Å². The minimum atomic E-state index is 0.0179. The first kappa shape index (κ1) is 25.0. The Bertz CT molecular complexity index is 1330. The van der Waals surface area contributed by atoms with Gasteiger partial charge >= 0.3 is 0 Å². The fraction of sp³-hybridized carbons (Fsp3) is 0.357. The van der Waals surface area contributed by atoms with E-state index in [0.29, 0.717) is 25.6 Å². The monoisotopic (exact) mass is 520 g/mol. The molecule has 36 heavy (non-hydrogen) atoms. The zero-order chi connectivity index (χ0) is 24.9. The number of benzene rings is 1. The number of allylic oxidation sites excluding steroid dienone is 6. The number of hydrogen-bond acceptors (Lipinski definition) is 7. The highest BCUT2D eigenvalue weighted by atomic mass is 32.1. The number of thiazole rings is 1. The van der Waals surface area contributed by atoms with Gasteiger partial charge in [-0.2, -0.15) is 0 Å². The molecule has 2 aliphatic rings. The van der Waals surface area contributed by atoms with Gasteiger partial charge in [0, 0.05) is 49.6 Å². The van der Waals surface area contributed by atoms with Crippen molar-refractivity contribution in [2.45, 2.75) is 38.8 Å². The molecule has 0 spiro atoms. The third-order valence-corrected chi connectivity index (χ3v) is 8.59. The topological polar surface area (TPSA) is 75.3 Å². The lowest BCUT2D eigenvalue weighted by Crippen LogP contribution is -2.32. The molecule has 0 radical (unpaired) electrons. The summed E-state index contributed by atoms with van der Waals surface area (Å²) in [6.07, 6.45) is 13.1. The molecule has 3 aromatic rings. The lowest BCUT2D eigenvalue weighted by atomic mass is 9.99. The van der Waals surface area contributed by atoms with Gasteiger partial charge in [-0.05, 0) is 48.6 Å². The molecule has 6 nitrogen and oxygen atoms in total. The zero-order valence-corrected chi connectivity index (χ0v) is 22.4. The van der Waals surface area contributed by atoms with E-state index in [1.807, 2.05) is 0 Å². The Morgan fingerprint density at radius 1 is 1.25 bits per heavy atom. The van der Waals surface area contributed by atoms with Crippen molar-refractivity contribution in [1.29, 1.82) is 0 Å². The summed E-state index contributed by atoms with van der Waals surface area (Å²) in [5, 5.41) is 11.9. The average molecular weight is 521 g/mol. The number of anilines is 1. The number of methoxy groups -OCH3 is 1. The standard InChI is InChI=1S/C28H32N4O2S2/c1-18-15-21-24(17-30-18)36-28(32-25(33)11-12-29-13-14-34-2)26(21)27-31-22-16-20(9-10-23(22)35-27)19-7-5-3-4-6-8-19/h3,5-10,16,18,29-30H,4,11-15,17H2,1-2H3,(H,32,33). The van der Waals surface area contributed by atoms with E-state index in [-0.39, 0.29) is 5.91 Å². The zero-order valence-electron chi connectivity index (χ0n) is 20.7. The number of hydrogen-bond donors (Lipinski definition) is 3. The van der Waals surface area contributed by atoms with Crippen LogP contribution in [-0.2, 0) is 22.5 Å². The molecule has 0 saturated heterocycles. The number of fused-ring (bicyclic) bond motifs is 2. The largest absolute Gasteiger partial charge is 0.383 e. The van der Waals surface area contributed by atoms with Crippen LogP contribution in [0.25, 0.3) is 26.4 Å². The van der Waals surface area contributed by atoms with Gasteiger partial charge in [-0.3, -0.25) is 4.79 Å². The predicted molar refractivity (Wildman–Crippen MR) is 152 cm³/mol. The molecule has 1 amide bonds. The van der Waals surface area contributed by atoms with Gasteiger partial charge in [0.1, 0.15) is 10.0 Å². The van der Waals surface area contributed by atoms with Crippen LogP contribution in [-0.4, -0.2) is 43.7 Å². The minimum absolute atomic E-state index is 0.0179. The Kier molecular flexibility index (Phi) is 8.09. The maximum Gasteiger partial charge on any atom is 0.226 e. The number of nitrogens with zero attached hydrogens (tertiary/aromatic N) is 1. The van der Waals surface area contributed by atoms with Crippen molar-refractivity contribution in [3.8, 4) is 10.6 Å². The van der Waals surface area contributed by atoms with E-state index in [4.69, 9.17) is 9.72 Å². The quantitative estimate of drug-likeness (QED) is 0.324. The third kappa shape index (κ3) is 5.68. The molecule has 0 bridgehead atoms. The number of carbonyl (C=O) groups excluding carboxylic acids is 1. The normalized spacial score (nSPS) is 17.2. The van der Waals surface area contributed by atoms with Gasteiger partial charge in [0.2, 0.25) is 5.91 Å². The van der Waals surface area contributed by atoms with E-state index < -0.39 is 0 Å². The molecule has 1 aliphatic carbocycles. The van der Waals surface area contributed by atoms with Crippen molar-refractivity contribution in [2.24, 2.45) is 0 Å². The SMILES string of the molecule is COCCNCCC(=O)Nc1sc2c(c1-c1nc3cc(C4=CC=CCC=C4)ccc3s1)CC(C)NC2. The molecule has 1 aliphatic heterocycles. The number of aromatic nitrogens is 1. The average Bonchev–Trinajstić information content (AvgIpc) is 3.31. The lowest BCUT2D eigenvalue weighted by Gasteiger charge is -2.20. The van der Waals surface area contributed by atoms with E-state index in [1.165, 1.54) is 21.6 Å². The molecule has 1 aromatic carbocycles. The number of thiophene rings is 1. The maximum absolute atomic E-state index is 12.8. The number of carbonyl (C=O) groups is 1. The molecule has 0 saturated carbocycles. The summed E-state index contributed by atoms with van der Waals surface area (Å²) in [5.41, 5.74) is 5.78. The first-order chi connectivity index (χ1) is 17.6. The van der Waals surface area contributed by atoms with Crippen molar-refractivity contribution in [3.05, 3.63) is 64.6 Å². The Morgan fingerprint density at radius 2 is 2.17 bits per heavy atom. The molecule has 3 N–H and O–H groups in total. The van der Waals surface area contributed by atoms with Crippen LogP contribution in [0.2, 0.25) is 0 Å². The molecular formula is C28H32N4O2S2. The molecule has 3 heterocycles. The van der Waals surface area contributed by atoms with E-state index >= 15 is 0 Å². The second-order valence-electron chi connectivity index (χ2n) is 9.12. The molecule has 188 valence electrons. The second kappa shape index (κ2) is 11.6. The van der Waals surface area contributed by atoms with Gasteiger partial charge in [0.25, 0.3) is 0 Å². The fourth-order valence-corrected chi connectivity index (χ4v) is 6.79. The van der Waals surface area contributed by atoms with Crippen LogP contribution in [0.1, 0.15) is 35.8 Å². The summed E-state index contributed by atoms with van der Waals surface area (Å²) in [6, 6.07) is 6.91. The van der Waals surface area contributed by atoms with Gasteiger partial charge in [-0.1, -0.05) is 36.4 Å². The van der Waals surface area contributed by atoms with Crippen LogP contribution >= 0.6 is 22.7 Å². The number of amides is 1. The molecule has 1 atom stereocenters. The van der Waals surface area contributed by atoms with Crippen molar-refractivity contribution >= 4 is 49.4 Å². The fourth-order valence-electron chi connectivity index (χ4n) is 4.51. The van der Waals surface area contributed by atoms with Crippen LogP contribution in [0.4, 0.5) is 5.00 Å². The van der Waals surface area contributed by atoms with Gasteiger partial charge in [-0.25, -0.2) is 4.98 Å². The highest BCUT2D eigenvalue weighted by molar-refractivity contribution is 7.23. The van der Waals surface area contributed by atoms with E-state index in [0.717, 1.165) is 51.7 Å². The summed E-state index contributed by atoms with van der Waals surface area (Å²) in [7, 11) is 1.68. The summed E-state index contributed by atoms with van der Waals surface area (Å²) in [5.74, 6) is 0.0179. The van der Waals surface area contributed by atoms with Gasteiger partial charge < -0.3 is 20.7 Å². The van der Waals surface area contributed by atoms with E-state index in [1.54, 1.807) is 29.8 Å². The Balaban J connectivity index is 1.44. The van der Waals surface area contributed by atoms with Crippen LogP contribution < -0.4 is 16.0 Å². The molecule has 5 rings (SSSR count). The predicted octanol–water partition coefficient (Wildman–Crippen LogP) is 5.52. The molecule has 0 fully saturated rings. The highest BCUT2D eigenvalue weighted by Crippen LogP contribution is 2.45. The summed E-state index contributed by atoms with van der Waals surface area (Å²) < 4.78 is 6.21. The number of rotatable bonds is 9. The first-order valence-electron chi connectivity index (χ1n) is 12.4. The van der Waals surface area contributed by atoms with E-state index in [2.05, 4.69) is 71.5 Å². The van der Waals surface area contributed by atoms with Crippen molar-refractivity contribution in [2.75, 3.05) is 32.1 Å². The van der Waals surface area contributed by atoms with Crippen molar-refractivity contribution < 1.29 is 9.53 Å². The third-order valence-electron chi connectivity index (χ3n) is 6.39. The van der Waals surface area contributed by atoms with Crippen molar-refractivity contribution in [3.63, 3.8) is 0 Å². The smallest absolute Gasteiger partial charge is 0.226 e. The van der Waals surface area contributed by atoms with Gasteiger partial charge in [0.15, 0.2) is 0 Å². The van der Waals surface area contributed by atoms with E-state index in [9.17, 15) is 4.79 Å². The highest BCUT2D eigenvalue weighted by Gasteiger charge is 2.27. The van der Waals surface area contributed by atoms with Gasteiger partial charge in [0.05, 0.1) is 16.8 Å². The van der Waals surface area contributed by atoms with Crippen LogP contribution in [0.15, 0.2) is 48.6 Å². The molecule has 1 unspecified atom stereocenters. The number of ether oxygens (including phenoxy) is 1. The minimum Gasteiger partial charge on any atom is -0.383 e. The lowest BCUT2D eigenvalue weighted by molar-refractivity contribution is -0.116. The Morgan fingerprint density at radius 3 is 3.06 bits per heavy atom. The second-order valence-corrected chi connectivity index (χ2v) is 11.3. The summed E-state index contributed by atoms with van der Waals surface area (Å²) in [4.78, 5) is 19.2. The van der Waals surface area contributed by atoms with Crippen LogP contribution in [0, 0.1) is 0 Å². The molecule has 8 heteroatoms. The van der Waals surface area contributed by atoms with Crippen LogP contribution in [0.5, 0.6) is 0 Å². The maximum atomic E-state index is 12.8. The summed E-state index contributed by atoms with van der Waals surface area (Å²) in [6.45, 7) is 5.03. The first-order valence-corrected chi connectivity index (χ1v) is 14.1.